The van der Waals surface area contributed by atoms with Crippen molar-refractivity contribution >= 4 is 15.8 Å². The molecule has 1 heterocycles. The predicted molar refractivity (Wildman–Crippen MR) is 91.0 cm³/mol. The van der Waals surface area contributed by atoms with Gasteiger partial charge in [0, 0.05) is 6.07 Å². The van der Waals surface area contributed by atoms with E-state index in [4.69, 9.17) is 0 Å². The van der Waals surface area contributed by atoms with E-state index in [1.807, 2.05) is 31.2 Å². The Bertz CT molecular complexity index is 1030. The van der Waals surface area contributed by atoms with Crippen LogP contribution >= 0.6 is 0 Å². The van der Waals surface area contributed by atoms with Crippen LogP contribution in [0, 0.1) is 6.92 Å². The van der Waals surface area contributed by atoms with Gasteiger partial charge < -0.3 is 0 Å². The summed E-state index contributed by atoms with van der Waals surface area (Å²) in [6, 6.07) is 12.5. The highest BCUT2D eigenvalue weighted by molar-refractivity contribution is 7.92. The van der Waals surface area contributed by atoms with E-state index in [1.54, 1.807) is 0 Å². The third kappa shape index (κ3) is 3.88. The second-order valence-electron chi connectivity index (χ2n) is 5.66. The van der Waals surface area contributed by atoms with Crippen molar-refractivity contribution in [1.82, 2.24) is 10.2 Å². The Hall–Kier alpha value is -2.81. The van der Waals surface area contributed by atoms with Gasteiger partial charge in [-0.3, -0.25) is 9.82 Å². The summed E-state index contributed by atoms with van der Waals surface area (Å²) in [4.78, 5) is -0.493. The van der Waals surface area contributed by atoms with Crippen LogP contribution in [0.25, 0.3) is 11.3 Å². The monoisotopic (exact) mass is 381 g/mol. The molecule has 0 aliphatic rings. The summed E-state index contributed by atoms with van der Waals surface area (Å²) in [6.45, 7) is 1.94. The first kappa shape index (κ1) is 18.0. The number of anilines is 1. The molecular weight excluding hydrogens is 367 g/mol. The first-order valence-electron chi connectivity index (χ1n) is 7.48. The largest absolute Gasteiger partial charge is 0.416 e. The molecule has 0 bridgehead atoms. The van der Waals surface area contributed by atoms with Gasteiger partial charge in [0.05, 0.1) is 16.2 Å². The predicted octanol–water partition coefficient (Wildman–Crippen LogP) is 4.20. The molecule has 0 atom stereocenters. The SMILES string of the molecule is Cc1ccc(-c2cc(NS(=O)(=O)c3cccc(C(F)(F)F)c3)n[nH]2)cc1. The fraction of sp³-hybridized carbons (Fsp3) is 0.118. The normalized spacial score (nSPS) is 12.2. The van der Waals surface area contributed by atoms with E-state index in [2.05, 4.69) is 14.9 Å². The van der Waals surface area contributed by atoms with Crippen LogP contribution in [-0.2, 0) is 16.2 Å². The van der Waals surface area contributed by atoms with Crippen molar-refractivity contribution in [3.8, 4) is 11.3 Å². The maximum Gasteiger partial charge on any atom is 0.416 e. The van der Waals surface area contributed by atoms with Crippen LogP contribution in [0.4, 0.5) is 19.0 Å². The fourth-order valence-corrected chi connectivity index (χ4v) is 3.33. The third-order valence-corrected chi connectivity index (χ3v) is 5.00. The van der Waals surface area contributed by atoms with Crippen LogP contribution in [-0.4, -0.2) is 18.6 Å². The van der Waals surface area contributed by atoms with Crippen molar-refractivity contribution in [1.29, 1.82) is 0 Å². The molecule has 9 heteroatoms. The molecule has 0 fully saturated rings. The molecule has 3 aromatic rings. The number of aromatic amines is 1. The van der Waals surface area contributed by atoms with E-state index in [9.17, 15) is 21.6 Å². The smallest absolute Gasteiger partial charge is 0.276 e. The minimum Gasteiger partial charge on any atom is -0.276 e. The number of aryl methyl sites for hydroxylation is 1. The minimum absolute atomic E-state index is 0.0158. The van der Waals surface area contributed by atoms with Gasteiger partial charge in [-0.05, 0) is 30.7 Å². The first-order valence-corrected chi connectivity index (χ1v) is 8.96. The molecule has 3 rings (SSSR count). The van der Waals surface area contributed by atoms with E-state index < -0.39 is 26.7 Å². The van der Waals surface area contributed by atoms with Gasteiger partial charge in [-0.2, -0.15) is 18.3 Å². The number of hydrogen-bond donors (Lipinski definition) is 2. The number of halogens is 3. The van der Waals surface area contributed by atoms with Gasteiger partial charge in [-0.1, -0.05) is 35.9 Å². The number of alkyl halides is 3. The second kappa shape index (κ2) is 6.49. The minimum atomic E-state index is -4.63. The molecule has 0 saturated heterocycles. The van der Waals surface area contributed by atoms with Crippen molar-refractivity contribution in [2.45, 2.75) is 18.0 Å². The standard InChI is InChI=1S/C17H14F3N3O2S/c1-11-5-7-12(8-6-11)15-10-16(22-21-15)23-26(24,25)14-4-2-3-13(9-14)17(18,19)20/h2-10H,1H3,(H2,21,22,23). The maximum atomic E-state index is 12.8. The summed E-state index contributed by atoms with van der Waals surface area (Å²) in [6.07, 6.45) is -4.63. The Morgan fingerprint density at radius 2 is 1.73 bits per heavy atom. The van der Waals surface area contributed by atoms with Gasteiger partial charge >= 0.3 is 6.18 Å². The van der Waals surface area contributed by atoms with Gasteiger partial charge in [0.1, 0.15) is 0 Å². The summed E-state index contributed by atoms with van der Waals surface area (Å²) >= 11 is 0. The third-order valence-electron chi connectivity index (χ3n) is 3.65. The van der Waals surface area contributed by atoms with Crippen molar-refractivity contribution in [2.75, 3.05) is 4.72 Å². The van der Waals surface area contributed by atoms with Gasteiger partial charge in [0.25, 0.3) is 10.0 Å². The number of rotatable bonds is 4. The van der Waals surface area contributed by atoms with Gasteiger partial charge in [0.2, 0.25) is 0 Å². The van der Waals surface area contributed by atoms with Crippen molar-refractivity contribution < 1.29 is 21.6 Å². The van der Waals surface area contributed by atoms with Crippen LogP contribution in [0.1, 0.15) is 11.1 Å². The fourth-order valence-electron chi connectivity index (χ4n) is 2.29. The second-order valence-corrected chi connectivity index (χ2v) is 7.35. The van der Waals surface area contributed by atoms with Crippen molar-refractivity contribution in [2.24, 2.45) is 0 Å². The first-order chi connectivity index (χ1) is 12.1. The van der Waals surface area contributed by atoms with E-state index in [0.29, 0.717) is 11.8 Å². The molecule has 0 saturated carbocycles. The zero-order valence-electron chi connectivity index (χ0n) is 13.5. The lowest BCUT2D eigenvalue weighted by Gasteiger charge is -2.09. The molecule has 2 aromatic carbocycles. The summed E-state index contributed by atoms with van der Waals surface area (Å²) in [5, 5.41) is 6.55. The molecule has 0 radical (unpaired) electrons. The zero-order valence-corrected chi connectivity index (χ0v) is 14.3. The lowest BCUT2D eigenvalue weighted by atomic mass is 10.1. The van der Waals surface area contributed by atoms with Crippen LogP contribution in [0.2, 0.25) is 0 Å². The number of nitrogens with zero attached hydrogens (tertiary/aromatic N) is 1. The summed E-state index contributed by atoms with van der Waals surface area (Å²) in [5.41, 5.74) is 1.40. The number of sulfonamides is 1. The Morgan fingerprint density at radius 1 is 1.04 bits per heavy atom. The molecule has 0 spiro atoms. The molecule has 0 aliphatic heterocycles. The molecule has 136 valence electrons. The highest BCUT2D eigenvalue weighted by Gasteiger charge is 2.31. The molecular formula is C17H14F3N3O2S. The molecule has 0 unspecified atom stereocenters. The Kier molecular flexibility index (Phi) is 4.49. The number of benzene rings is 2. The summed E-state index contributed by atoms with van der Waals surface area (Å²) < 4.78 is 65.2. The average Bonchev–Trinajstić information content (AvgIpc) is 3.02. The summed E-state index contributed by atoms with van der Waals surface area (Å²) in [7, 11) is -4.20. The van der Waals surface area contributed by atoms with Gasteiger partial charge in [-0.15, -0.1) is 0 Å². The van der Waals surface area contributed by atoms with E-state index in [1.165, 1.54) is 6.07 Å². The molecule has 1 aromatic heterocycles. The Morgan fingerprint density at radius 3 is 2.38 bits per heavy atom. The highest BCUT2D eigenvalue weighted by Crippen LogP contribution is 2.31. The van der Waals surface area contributed by atoms with Crippen LogP contribution in [0.3, 0.4) is 0 Å². The molecule has 0 amide bonds. The maximum absolute atomic E-state index is 12.8. The average molecular weight is 381 g/mol. The summed E-state index contributed by atoms with van der Waals surface area (Å²) in [5.74, 6) is -0.0158. The quantitative estimate of drug-likeness (QED) is 0.711. The topological polar surface area (TPSA) is 74.8 Å². The van der Waals surface area contributed by atoms with E-state index in [0.717, 1.165) is 29.3 Å². The highest BCUT2D eigenvalue weighted by atomic mass is 32.2. The van der Waals surface area contributed by atoms with Crippen LogP contribution in [0.5, 0.6) is 0 Å². The van der Waals surface area contributed by atoms with E-state index >= 15 is 0 Å². The number of H-pyrrole nitrogens is 1. The molecule has 26 heavy (non-hydrogen) atoms. The van der Waals surface area contributed by atoms with Crippen molar-refractivity contribution in [3.05, 3.63) is 65.7 Å². The number of nitrogens with one attached hydrogen (secondary N) is 2. The zero-order chi connectivity index (χ0) is 18.9. The van der Waals surface area contributed by atoms with Crippen LogP contribution in [0.15, 0.2) is 59.5 Å². The van der Waals surface area contributed by atoms with Gasteiger partial charge in [0.15, 0.2) is 5.82 Å². The number of hydrogen-bond acceptors (Lipinski definition) is 3. The van der Waals surface area contributed by atoms with E-state index in [-0.39, 0.29) is 5.82 Å². The lowest BCUT2D eigenvalue weighted by Crippen LogP contribution is -2.14. The van der Waals surface area contributed by atoms with Crippen molar-refractivity contribution in [3.63, 3.8) is 0 Å². The van der Waals surface area contributed by atoms with Crippen LogP contribution < -0.4 is 4.72 Å². The molecule has 2 N–H and O–H groups in total. The molecule has 5 nitrogen and oxygen atoms in total. The number of aromatic nitrogens is 2. The Labute approximate surface area is 147 Å². The molecule has 0 aliphatic carbocycles. The Balaban J connectivity index is 1.86. The van der Waals surface area contributed by atoms with Gasteiger partial charge in [-0.25, -0.2) is 8.42 Å². The lowest BCUT2D eigenvalue weighted by molar-refractivity contribution is -0.137.